The molecule has 0 spiro atoms. The number of anilines is 2. The van der Waals surface area contributed by atoms with E-state index in [0.29, 0.717) is 17.8 Å². The van der Waals surface area contributed by atoms with Crippen molar-refractivity contribution in [3.8, 4) is 0 Å². The summed E-state index contributed by atoms with van der Waals surface area (Å²) in [5, 5.41) is 5.75. The summed E-state index contributed by atoms with van der Waals surface area (Å²) in [5.41, 5.74) is 3.93. The van der Waals surface area contributed by atoms with Gasteiger partial charge in [-0.2, -0.15) is 0 Å². The Bertz CT molecular complexity index is 1320. The molecule has 3 aromatic carbocycles. The van der Waals surface area contributed by atoms with Crippen molar-refractivity contribution >= 4 is 29.2 Å². The van der Waals surface area contributed by atoms with Gasteiger partial charge in [-0.25, -0.2) is 4.79 Å². The number of nitrogens with zero attached hydrogens (tertiary/aromatic N) is 2. The Hall–Kier alpha value is -4.13. The van der Waals surface area contributed by atoms with Gasteiger partial charge in [0.1, 0.15) is 12.6 Å². The van der Waals surface area contributed by atoms with Crippen LogP contribution in [0, 0.1) is 6.92 Å². The molecule has 2 unspecified atom stereocenters. The highest BCUT2D eigenvalue weighted by atomic mass is 16.2. The zero-order valence-corrected chi connectivity index (χ0v) is 22.7. The number of benzene rings is 3. The second-order valence-electron chi connectivity index (χ2n) is 10.8. The Morgan fingerprint density at radius 3 is 2.34 bits per heavy atom. The van der Waals surface area contributed by atoms with Crippen LogP contribution in [0.1, 0.15) is 49.8 Å². The first-order valence-electron chi connectivity index (χ1n) is 12.9. The summed E-state index contributed by atoms with van der Waals surface area (Å²) >= 11 is 0. The van der Waals surface area contributed by atoms with E-state index in [-0.39, 0.29) is 24.3 Å². The van der Waals surface area contributed by atoms with Crippen LogP contribution in [0.2, 0.25) is 0 Å². The number of fused-ring (bicyclic) bond motifs is 1. The molecule has 2 N–H and O–H groups in total. The summed E-state index contributed by atoms with van der Waals surface area (Å²) in [6.07, 6.45) is 0.362. The van der Waals surface area contributed by atoms with Gasteiger partial charge in [0, 0.05) is 29.9 Å². The van der Waals surface area contributed by atoms with Crippen molar-refractivity contribution in [2.75, 3.05) is 23.8 Å². The molecule has 0 aliphatic carbocycles. The van der Waals surface area contributed by atoms with Gasteiger partial charge in [0.2, 0.25) is 11.8 Å². The van der Waals surface area contributed by atoms with Gasteiger partial charge < -0.3 is 20.4 Å². The van der Waals surface area contributed by atoms with Crippen LogP contribution < -0.4 is 15.5 Å². The minimum Gasteiger partial charge on any atom is -0.339 e. The number of para-hydroxylation sites is 1. The molecule has 0 radical (unpaired) electrons. The number of urea groups is 1. The maximum Gasteiger partial charge on any atom is 0.319 e. The van der Waals surface area contributed by atoms with Crippen molar-refractivity contribution in [1.82, 2.24) is 10.2 Å². The van der Waals surface area contributed by atoms with E-state index in [9.17, 15) is 14.4 Å². The normalized spacial score (nSPS) is 17.3. The SMILES string of the molecule is Cc1cccc(NC(=O)NC2CC(c3ccccc3)c3ccccc3N(CC(=O)N(C)C(C)(C)C)C2=O)c1. The number of rotatable bonds is 5. The molecule has 0 aromatic heterocycles. The summed E-state index contributed by atoms with van der Waals surface area (Å²) in [6.45, 7) is 7.68. The van der Waals surface area contributed by atoms with Crippen LogP contribution in [0.15, 0.2) is 78.9 Å². The number of nitrogens with one attached hydrogen (secondary N) is 2. The minimum atomic E-state index is -0.842. The third-order valence-electron chi connectivity index (χ3n) is 7.10. The van der Waals surface area contributed by atoms with Gasteiger partial charge in [-0.3, -0.25) is 9.59 Å². The highest BCUT2D eigenvalue weighted by molar-refractivity contribution is 6.05. The Morgan fingerprint density at radius 1 is 0.974 bits per heavy atom. The molecule has 2 atom stereocenters. The van der Waals surface area contributed by atoms with E-state index in [1.165, 1.54) is 4.90 Å². The molecule has 7 heteroatoms. The van der Waals surface area contributed by atoms with Crippen LogP contribution >= 0.6 is 0 Å². The lowest BCUT2D eigenvalue weighted by Gasteiger charge is -2.34. The molecule has 38 heavy (non-hydrogen) atoms. The van der Waals surface area contributed by atoms with Crippen LogP contribution in [0.4, 0.5) is 16.2 Å². The largest absolute Gasteiger partial charge is 0.339 e. The number of likely N-dealkylation sites (N-methyl/N-ethyl adjacent to an activating group) is 1. The van der Waals surface area contributed by atoms with E-state index in [1.807, 2.05) is 100 Å². The standard InChI is InChI=1S/C31H36N4O3/c1-21-12-11-15-23(18-21)32-30(38)33-26-19-25(22-13-7-6-8-14-22)24-16-9-10-17-27(24)35(29(26)37)20-28(36)34(5)31(2,3)4/h6-18,25-26H,19-20H2,1-5H3,(H2,32,33,38). The van der Waals surface area contributed by atoms with E-state index >= 15 is 0 Å². The van der Waals surface area contributed by atoms with Crippen LogP contribution in [-0.2, 0) is 9.59 Å². The predicted molar refractivity (Wildman–Crippen MR) is 151 cm³/mol. The van der Waals surface area contributed by atoms with Gasteiger partial charge in [0.05, 0.1) is 0 Å². The fourth-order valence-electron chi connectivity index (χ4n) is 4.75. The average molecular weight is 513 g/mol. The maximum atomic E-state index is 14.0. The molecular formula is C31H36N4O3. The van der Waals surface area contributed by atoms with Gasteiger partial charge in [-0.15, -0.1) is 0 Å². The van der Waals surface area contributed by atoms with E-state index < -0.39 is 17.6 Å². The van der Waals surface area contributed by atoms with E-state index in [0.717, 1.165) is 16.7 Å². The highest BCUT2D eigenvalue weighted by Gasteiger charge is 2.38. The number of hydrogen-bond donors (Lipinski definition) is 2. The Labute approximate surface area is 224 Å². The summed E-state index contributed by atoms with van der Waals surface area (Å²) in [4.78, 5) is 43.6. The van der Waals surface area contributed by atoms with Crippen molar-refractivity contribution in [2.24, 2.45) is 0 Å². The monoisotopic (exact) mass is 512 g/mol. The maximum absolute atomic E-state index is 14.0. The van der Waals surface area contributed by atoms with Crippen LogP contribution in [-0.4, -0.2) is 47.9 Å². The van der Waals surface area contributed by atoms with Crippen molar-refractivity contribution in [3.63, 3.8) is 0 Å². The second-order valence-corrected chi connectivity index (χ2v) is 10.8. The molecule has 0 saturated heterocycles. The molecule has 3 aromatic rings. The molecule has 4 amide bonds. The van der Waals surface area contributed by atoms with Gasteiger partial charge in [-0.1, -0.05) is 60.7 Å². The Balaban J connectivity index is 1.71. The summed E-state index contributed by atoms with van der Waals surface area (Å²) < 4.78 is 0. The van der Waals surface area contributed by atoms with Crippen LogP contribution in [0.3, 0.4) is 0 Å². The number of aryl methyl sites for hydroxylation is 1. The van der Waals surface area contributed by atoms with Crippen LogP contribution in [0.25, 0.3) is 0 Å². The third-order valence-corrected chi connectivity index (χ3v) is 7.10. The number of hydrogen-bond acceptors (Lipinski definition) is 3. The third kappa shape index (κ3) is 6.05. The first-order valence-corrected chi connectivity index (χ1v) is 12.9. The lowest BCUT2D eigenvalue weighted by atomic mass is 9.86. The summed E-state index contributed by atoms with van der Waals surface area (Å²) in [7, 11) is 1.74. The topological polar surface area (TPSA) is 81.8 Å². The number of amides is 4. The molecule has 0 bridgehead atoms. The highest BCUT2D eigenvalue weighted by Crippen LogP contribution is 2.39. The molecule has 198 valence electrons. The van der Waals surface area contributed by atoms with Crippen molar-refractivity contribution in [2.45, 2.75) is 51.6 Å². The van der Waals surface area contributed by atoms with E-state index in [4.69, 9.17) is 0 Å². The number of carbonyl (C=O) groups excluding carboxylic acids is 3. The second kappa shape index (κ2) is 11.1. The fraction of sp³-hybridized carbons (Fsp3) is 0.323. The van der Waals surface area contributed by atoms with Crippen molar-refractivity contribution < 1.29 is 14.4 Å². The molecule has 0 saturated carbocycles. The fourth-order valence-corrected chi connectivity index (χ4v) is 4.75. The van der Waals surface area contributed by atoms with Crippen molar-refractivity contribution in [3.05, 3.63) is 95.6 Å². The Morgan fingerprint density at radius 2 is 1.66 bits per heavy atom. The average Bonchev–Trinajstić information content (AvgIpc) is 2.99. The van der Waals surface area contributed by atoms with Gasteiger partial charge >= 0.3 is 6.03 Å². The van der Waals surface area contributed by atoms with Gasteiger partial charge in [0.15, 0.2) is 0 Å². The molecule has 7 nitrogen and oxygen atoms in total. The molecule has 0 fully saturated rings. The minimum absolute atomic E-state index is 0.122. The zero-order valence-electron chi connectivity index (χ0n) is 22.7. The Kier molecular flexibility index (Phi) is 7.86. The molecular weight excluding hydrogens is 476 g/mol. The zero-order chi connectivity index (χ0) is 27.4. The van der Waals surface area contributed by atoms with Crippen LogP contribution in [0.5, 0.6) is 0 Å². The first kappa shape index (κ1) is 26.9. The molecule has 1 heterocycles. The first-order chi connectivity index (χ1) is 18.0. The molecule has 4 rings (SSSR count). The van der Waals surface area contributed by atoms with E-state index in [1.54, 1.807) is 18.0 Å². The predicted octanol–water partition coefficient (Wildman–Crippen LogP) is 5.31. The van der Waals surface area contributed by atoms with E-state index in [2.05, 4.69) is 10.6 Å². The summed E-state index contributed by atoms with van der Waals surface area (Å²) in [5.74, 6) is -0.645. The summed E-state index contributed by atoms with van der Waals surface area (Å²) in [6, 6.07) is 23.8. The van der Waals surface area contributed by atoms with Gasteiger partial charge in [-0.05, 0) is 69.0 Å². The van der Waals surface area contributed by atoms with Crippen molar-refractivity contribution in [1.29, 1.82) is 0 Å². The number of carbonyl (C=O) groups is 3. The van der Waals surface area contributed by atoms with Gasteiger partial charge in [0.25, 0.3) is 0 Å². The smallest absolute Gasteiger partial charge is 0.319 e. The quantitative estimate of drug-likeness (QED) is 0.486. The lowest BCUT2D eigenvalue weighted by Crippen LogP contribution is -2.53. The molecule has 1 aliphatic heterocycles. The molecule has 1 aliphatic rings. The lowest BCUT2D eigenvalue weighted by molar-refractivity contribution is -0.134.